The Morgan fingerprint density at radius 2 is 1.95 bits per heavy atom. The molecule has 5 heteroatoms. The monoisotopic (exact) mass is 345 g/mol. The number of halogens is 1. The Kier molecular flexibility index (Phi) is 5.03. The predicted molar refractivity (Wildman–Crippen MR) is 81.0 cm³/mol. The molecule has 0 radical (unpaired) electrons. The Balaban J connectivity index is 2.08. The largest absolute Gasteiger partial charge is 0.313 e. The molecule has 0 amide bonds. The van der Waals surface area contributed by atoms with Crippen molar-refractivity contribution in [1.29, 1.82) is 0 Å². The molecule has 0 heterocycles. The van der Waals surface area contributed by atoms with Crippen molar-refractivity contribution in [3.63, 3.8) is 0 Å². The number of rotatable bonds is 7. The molecule has 1 unspecified atom stereocenters. The van der Waals surface area contributed by atoms with Gasteiger partial charge in [0, 0.05) is 10.5 Å². The van der Waals surface area contributed by atoms with Crippen molar-refractivity contribution in [2.45, 2.75) is 37.1 Å². The Hall–Kier alpha value is -0.390. The maximum atomic E-state index is 12.4. The minimum Gasteiger partial charge on any atom is -0.313 e. The van der Waals surface area contributed by atoms with E-state index in [1.54, 1.807) is 24.3 Å². The van der Waals surface area contributed by atoms with Crippen molar-refractivity contribution in [3.05, 3.63) is 28.7 Å². The Bertz CT molecular complexity index is 509. The minimum atomic E-state index is -3.20. The lowest BCUT2D eigenvalue weighted by atomic mass is 10.2. The van der Waals surface area contributed by atoms with E-state index in [4.69, 9.17) is 0 Å². The van der Waals surface area contributed by atoms with Crippen molar-refractivity contribution in [1.82, 2.24) is 5.32 Å². The van der Waals surface area contributed by atoms with Crippen LogP contribution in [-0.4, -0.2) is 26.8 Å². The Labute approximate surface area is 123 Å². The molecule has 0 bridgehead atoms. The number of nitrogens with one attached hydrogen (secondary N) is 1. The molecule has 3 nitrogen and oxygen atoms in total. The second-order valence-corrected chi connectivity index (χ2v) is 8.08. The van der Waals surface area contributed by atoms with Crippen LogP contribution in [0.1, 0.15) is 26.2 Å². The van der Waals surface area contributed by atoms with Crippen molar-refractivity contribution in [2.24, 2.45) is 5.92 Å². The van der Waals surface area contributed by atoms with Crippen LogP contribution in [0.2, 0.25) is 0 Å². The zero-order chi connectivity index (χ0) is 13.9. The molecule has 1 aliphatic carbocycles. The van der Waals surface area contributed by atoms with Gasteiger partial charge in [-0.1, -0.05) is 22.9 Å². The molecule has 1 aromatic carbocycles. The first-order valence-electron chi connectivity index (χ1n) is 6.74. The third kappa shape index (κ3) is 4.29. The van der Waals surface area contributed by atoms with E-state index in [0.717, 1.165) is 30.3 Å². The van der Waals surface area contributed by atoms with Crippen molar-refractivity contribution in [2.75, 3.05) is 12.3 Å². The van der Waals surface area contributed by atoms with Gasteiger partial charge in [0.15, 0.2) is 9.84 Å². The Morgan fingerprint density at radius 1 is 1.32 bits per heavy atom. The van der Waals surface area contributed by atoms with Crippen molar-refractivity contribution in [3.8, 4) is 0 Å². The number of benzene rings is 1. The summed E-state index contributed by atoms with van der Waals surface area (Å²) in [6.45, 7) is 2.98. The van der Waals surface area contributed by atoms with Crippen LogP contribution in [0, 0.1) is 5.92 Å². The second-order valence-electron chi connectivity index (χ2n) is 5.13. The SMILES string of the molecule is CCCNC(CS(=O)(=O)c1ccc(Br)cc1)C1CC1. The van der Waals surface area contributed by atoms with E-state index >= 15 is 0 Å². The summed E-state index contributed by atoms with van der Waals surface area (Å²) < 4.78 is 25.7. The molecule has 1 aliphatic rings. The van der Waals surface area contributed by atoms with Gasteiger partial charge < -0.3 is 5.32 Å². The van der Waals surface area contributed by atoms with Crippen LogP contribution in [0.15, 0.2) is 33.6 Å². The predicted octanol–water partition coefficient (Wildman–Crippen LogP) is 3.00. The number of hydrogen-bond acceptors (Lipinski definition) is 3. The minimum absolute atomic E-state index is 0.105. The molecule has 2 rings (SSSR count). The third-order valence-electron chi connectivity index (χ3n) is 3.42. The van der Waals surface area contributed by atoms with Gasteiger partial charge in [-0.15, -0.1) is 0 Å². The van der Waals surface area contributed by atoms with E-state index in [1.807, 2.05) is 0 Å². The van der Waals surface area contributed by atoms with Crippen LogP contribution in [-0.2, 0) is 9.84 Å². The third-order valence-corrected chi connectivity index (χ3v) is 5.74. The van der Waals surface area contributed by atoms with Crippen LogP contribution in [0.3, 0.4) is 0 Å². The lowest BCUT2D eigenvalue weighted by Gasteiger charge is -2.18. The molecule has 0 saturated heterocycles. The molecule has 1 N–H and O–H groups in total. The van der Waals surface area contributed by atoms with E-state index in [-0.39, 0.29) is 11.8 Å². The molecule has 1 fully saturated rings. The first kappa shape index (κ1) is 15.0. The van der Waals surface area contributed by atoms with E-state index in [0.29, 0.717) is 10.8 Å². The van der Waals surface area contributed by atoms with Gasteiger partial charge in [0.05, 0.1) is 10.6 Å². The van der Waals surface area contributed by atoms with Gasteiger partial charge >= 0.3 is 0 Å². The summed E-state index contributed by atoms with van der Waals surface area (Å²) in [5.74, 6) is 0.746. The van der Waals surface area contributed by atoms with Crippen LogP contribution in [0.5, 0.6) is 0 Å². The molecule has 1 atom stereocenters. The highest BCUT2D eigenvalue weighted by Gasteiger charge is 2.34. The fourth-order valence-corrected chi connectivity index (χ4v) is 4.03. The summed E-state index contributed by atoms with van der Waals surface area (Å²) in [5.41, 5.74) is 0. The zero-order valence-electron chi connectivity index (χ0n) is 11.1. The average Bonchev–Trinajstić information content (AvgIpc) is 3.19. The zero-order valence-corrected chi connectivity index (χ0v) is 13.5. The van der Waals surface area contributed by atoms with E-state index in [9.17, 15) is 8.42 Å². The summed E-state index contributed by atoms with van der Waals surface area (Å²) in [6, 6.07) is 7.00. The standard InChI is InChI=1S/C14H20BrNO2S/c1-2-9-16-14(11-3-4-11)10-19(17,18)13-7-5-12(15)6-8-13/h5-8,11,14,16H,2-4,9-10H2,1H3. The second kappa shape index (κ2) is 6.37. The van der Waals surface area contributed by atoms with Crippen molar-refractivity contribution >= 4 is 25.8 Å². The topological polar surface area (TPSA) is 46.2 Å². The van der Waals surface area contributed by atoms with E-state index < -0.39 is 9.84 Å². The molecule has 19 heavy (non-hydrogen) atoms. The fraction of sp³-hybridized carbons (Fsp3) is 0.571. The maximum absolute atomic E-state index is 12.4. The highest BCUT2D eigenvalue weighted by molar-refractivity contribution is 9.10. The quantitative estimate of drug-likeness (QED) is 0.826. The highest BCUT2D eigenvalue weighted by atomic mass is 79.9. The van der Waals surface area contributed by atoms with Crippen LogP contribution in [0.4, 0.5) is 0 Å². The molecule has 1 saturated carbocycles. The fourth-order valence-electron chi connectivity index (χ4n) is 2.16. The van der Waals surface area contributed by atoms with Crippen molar-refractivity contribution < 1.29 is 8.42 Å². The smallest absolute Gasteiger partial charge is 0.179 e. The average molecular weight is 346 g/mol. The molecule has 0 aromatic heterocycles. The van der Waals surface area contributed by atoms with Gasteiger partial charge in [0.25, 0.3) is 0 Å². The normalized spacial score (nSPS) is 17.4. The van der Waals surface area contributed by atoms with E-state index in [2.05, 4.69) is 28.2 Å². The van der Waals surface area contributed by atoms with Gasteiger partial charge in [-0.3, -0.25) is 0 Å². The molecular weight excluding hydrogens is 326 g/mol. The maximum Gasteiger partial charge on any atom is 0.179 e. The van der Waals surface area contributed by atoms with Gasteiger partial charge in [0.2, 0.25) is 0 Å². The number of sulfone groups is 1. The molecule has 106 valence electrons. The summed E-state index contributed by atoms with van der Waals surface area (Å²) in [6.07, 6.45) is 3.33. The molecule has 0 spiro atoms. The lowest BCUT2D eigenvalue weighted by Crippen LogP contribution is -2.38. The summed E-state index contributed by atoms with van der Waals surface area (Å²) >= 11 is 3.32. The van der Waals surface area contributed by atoms with Crippen LogP contribution >= 0.6 is 15.9 Å². The highest BCUT2D eigenvalue weighted by Crippen LogP contribution is 2.34. The molecule has 1 aromatic rings. The van der Waals surface area contributed by atoms with Crippen LogP contribution in [0.25, 0.3) is 0 Å². The van der Waals surface area contributed by atoms with Gasteiger partial charge in [-0.05, 0) is 56.0 Å². The number of hydrogen-bond donors (Lipinski definition) is 1. The molecule has 0 aliphatic heterocycles. The summed E-state index contributed by atoms with van der Waals surface area (Å²) in [7, 11) is -3.20. The van der Waals surface area contributed by atoms with Crippen LogP contribution < -0.4 is 5.32 Å². The first-order valence-corrected chi connectivity index (χ1v) is 9.19. The molecular formula is C14H20BrNO2S. The Morgan fingerprint density at radius 3 is 2.47 bits per heavy atom. The first-order chi connectivity index (χ1) is 9.03. The van der Waals surface area contributed by atoms with Gasteiger partial charge in [0.1, 0.15) is 0 Å². The lowest BCUT2D eigenvalue weighted by molar-refractivity contribution is 0.489. The summed E-state index contributed by atoms with van der Waals surface area (Å²) in [4.78, 5) is 0.416. The van der Waals surface area contributed by atoms with E-state index in [1.165, 1.54) is 0 Å². The van der Waals surface area contributed by atoms with Gasteiger partial charge in [-0.2, -0.15) is 0 Å². The van der Waals surface area contributed by atoms with Gasteiger partial charge in [-0.25, -0.2) is 8.42 Å². The summed E-state index contributed by atoms with van der Waals surface area (Å²) in [5, 5.41) is 3.38.